The van der Waals surface area contributed by atoms with Crippen molar-refractivity contribution in [2.45, 2.75) is 32.1 Å². The molecular formula is C21H21Cl2N3O. The van der Waals surface area contributed by atoms with E-state index in [0.29, 0.717) is 17.4 Å². The van der Waals surface area contributed by atoms with E-state index < -0.39 is 0 Å². The zero-order valence-corrected chi connectivity index (χ0v) is 16.7. The lowest BCUT2D eigenvalue weighted by Crippen LogP contribution is -2.15. The third kappa shape index (κ3) is 4.18. The number of aromatic nitrogens is 3. The third-order valence-electron chi connectivity index (χ3n) is 4.98. The zero-order chi connectivity index (χ0) is 18.8. The van der Waals surface area contributed by atoms with Gasteiger partial charge in [0.15, 0.2) is 5.82 Å². The maximum Gasteiger partial charge on any atom is 0.154 e. The normalized spacial score (nSPS) is 15.2. The molecule has 0 N–H and O–H groups in total. The van der Waals surface area contributed by atoms with Crippen LogP contribution in [0.1, 0.15) is 41.5 Å². The highest BCUT2D eigenvalue weighted by Gasteiger charge is 2.23. The topological polar surface area (TPSA) is 39.9 Å². The number of ether oxygens (including phenoxy) is 1. The van der Waals surface area contributed by atoms with Gasteiger partial charge in [-0.15, -0.1) is 0 Å². The molecule has 4 nitrogen and oxygen atoms in total. The summed E-state index contributed by atoms with van der Waals surface area (Å²) in [6.45, 7) is 3.60. The molecule has 1 saturated heterocycles. The predicted octanol–water partition coefficient (Wildman–Crippen LogP) is 5.37. The number of nitrogens with zero attached hydrogens (tertiary/aromatic N) is 3. The molecule has 0 bridgehead atoms. The lowest BCUT2D eigenvalue weighted by Gasteiger charge is -2.18. The van der Waals surface area contributed by atoms with Gasteiger partial charge in [0.2, 0.25) is 0 Å². The standard InChI is InChI=1S/C21H21Cl2N3O/c1-14-11-18(23)6-5-16(14)12-20-24-21(15-7-9-27-10-8-15)25-26(20)19-4-2-3-17(22)13-19/h2-6,11,13,15H,7-10,12H2,1H3. The fourth-order valence-electron chi connectivity index (χ4n) is 3.45. The monoisotopic (exact) mass is 401 g/mol. The number of aryl methyl sites for hydroxylation is 1. The van der Waals surface area contributed by atoms with Gasteiger partial charge in [-0.25, -0.2) is 9.67 Å². The summed E-state index contributed by atoms with van der Waals surface area (Å²) in [5.74, 6) is 2.13. The average molecular weight is 402 g/mol. The third-order valence-corrected chi connectivity index (χ3v) is 5.45. The van der Waals surface area contributed by atoms with Crippen molar-refractivity contribution in [3.05, 3.63) is 75.3 Å². The number of rotatable bonds is 4. The van der Waals surface area contributed by atoms with Gasteiger partial charge in [0.1, 0.15) is 5.82 Å². The maximum atomic E-state index is 6.21. The van der Waals surface area contributed by atoms with Gasteiger partial charge in [-0.1, -0.05) is 35.3 Å². The number of hydrogen-bond acceptors (Lipinski definition) is 3. The van der Waals surface area contributed by atoms with Gasteiger partial charge in [-0.05, 0) is 61.2 Å². The van der Waals surface area contributed by atoms with Crippen molar-refractivity contribution >= 4 is 23.2 Å². The number of hydrogen-bond donors (Lipinski definition) is 0. The van der Waals surface area contributed by atoms with E-state index in [1.807, 2.05) is 41.1 Å². The fraction of sp³-hybridized carbons (Fsp3) is 0.333. The molecule has 1 fully saturated rings. The largest absolute Gasteiger partial charge is 0.381 e. The van der Waals surface area contributed by atoms with E-state index in [1.165, 1.54) is 5.56 Å². The van der Waals surface area contributed by atoms with E-state index in [4.69, 9.17) is 38.0 Å². The van der Waals surface area contributed by atoms with E-state index in [1.54, 1.807) is 0 Å². The Morgan fingerprint density at radius 2 is 1.85 bits per heavy atom. The molecule has 2 heterocycles. The van der Waals surface area contributed by atoms with Gasteiger partial charge in [0.05, 0.1) is 5.69 Å². The molecule has 4 rings (SSSR count). The molecular weight excluding hydrogens is 381 g/mol. The highest BCUT2D eigenvalue weighted by atomic mass is 35.5. The predicted molar refractivity (Wildman–Crippen MR) is 108 cm³/mol. The van der Waals surface area contributed by atoms with E-state index in [9.17, 15) is 0 Å². The number of halogens is 2. The molecule has 3 aromatic rings. The highest BCUT2D eigenvalue weighted by molar-refractivity contribution is 6.31. The molecule has 1 aliphatic heterocycles. The molecule has 0 saturated carbocycles. The minimum absolute atomic E-state index is 0.337. The van der Waals surface area contributed by atoms with Crippen molar-refractivity contribution in [3.63, 3.8) is 0 Å². The van der Waals surface area contributed by atoms with Crippen LogP contribution in [0.2, 0.25) is 10.0 Å². The van der Waals surface area contributed by atoms with Crippen molar-refractivity contribution in [2.24, 2.45) is 0 Å². The molecule has 0 atom stereocenters. The summed E-state index contributed by atoms with van der Waals surface area (Å²) in [5.41, 5.74) is 3.26. The van der Waals surface area contributed by atoms with Crippen molar-refractivity contribution in [2.75, 3.05) is 13.2 Å². The summed E-state index contributed by atoms with van der Waals surface area (Å²) in [6, 6.07) is 13.7. The van der Waals surface area contributed by atoms with Gasteiger partial charge >= 0.3 is 0 Å². The summed E-state index contributed by atoms with van der Waals surface area (Å²) in [6.07, 6.45) is 2.60. The Balaban J connectivity index is 1.74. The fourth-order valence-corrected chi connectivity index (χ4v) is 3.86. The van der Waals surface area contributed by atoms with Crippen LogP contribution >= 0.6 is 23.2 Å². The van der Waals surface area contributed by atoms with Crippen LogP contribution in [-0.4, -0.2) is 28.0 Å². The van der Waals surface area contributed by atoms with Gasteiger partial charge in [0, 0.05) is 35.6 Å². The second kappa shape index (κ2) is 8.01. The lowest BCUT2D eigenvalue weighted by atomic mass is 10.00. The Morgan fingerprint density at radius 1 is 1.07 bits per heavy atom. The van der Waals surface area contributed by atoms with Gasteiger partial charge in [-0.2, -0.15) is 5.10 Å². The Labute approximate surface area is 169 Å². The van der Waals surface area contributed by atoms with E-state index in [-0.39, 0.29) is 0 Å². The molecule has 0 unspecified atom stereocenters. The molecule has 0 spiro atoms. The molecule has 6 heteroatoms. The summed E-state index contributed by atoms with van der Waals surface area (Å²) in [7, 11) is 0. The van der Waals surface area contributed by atoms with Crippen LogP contribution in [0.15, 0.2) is 42.5 Å². The average Bonchev–Trinajstić information content (AvgIpc) is 3.09. The zero-order valence-electron chi connectivity index (χ0n) is 15.2. The Hall–Kier alpha value is -1.88. The van der Waals surface area contributed by atoms with Crippen LogP contribution < -0.4 is 0 Å². The van der Waals surface area contributed by atoms with Crippen LogP contribution in [0.4, 0.5) is 0 Å². The molecule has 2 aromatic carbocycles. The van der Waals surface area contributed by atoms with Crippen molar-refractivity contribution in [1.82, 2.24) is 14.8 Å². The second-order valence-corrected chi connectivity index (χ2v) is 7.79. The minimum atomic E-state index is 0.337. The summed E-state index contributed by atoms with van der Waals surface area (Å²) in [5, 5.41) is 6.28. The Kier molecular flexibility index (Phi) is 5.48. The second-order valence-electron chi connectivity index (χ2n) is 6.91. The molecule has 27 heavy (non-hydrogen) atoms. The first-order chi connectivity index (χ1) is 13.1. The molecule has 1 aromatic heterocycles. The molecule has 0 amide bonds. The van der Waals surface area contributed by atoms with Crippen LogP contribution in [0, 0.1) is 6.92 Å². The SMILES string of the molecule is Cc1cc(Cl)ccc1Cc1nc(C2CCOCC2)nn1-c1cccc(Cl)c1. The lowest BCUT2D eigenvalue weighted by molar-refractivity contribution is 0.0836. The van der Waals surface area contributed by atoms with Crippen LogP contribution in [0.3, 0.4) is 0 Å². The van der Waals surface area contributed by atoms with Crippen molar-refractivity contribution in [3.8, 4) is 5.69 Å². The Morgan fingerprint density at radius 3 is 2.59 bits per heavy atom. The number of benzene rings is 2. The van der Waals surface area contributed by atoms with Gasteiger partial charge < -0.3 is 4.74 Å². The maximum absolute atomic E-state index is 6.21. The van der Waals surface area contributed by atoms with E-state index >= 15 is 0 Å². The van der Waals surface area contributed by atoms with Crippen LogP contribution in [0.5, 0.6) is 0 Å². The molecule has 0 aliphatic carbocycles. The van der Waals surface area contributed by atoms with Crippen molar-refractivity contribution < 1.29 is 4.74 Å². The summed E-state index contributed by atoms with van der Waals surface area (Å²) >= 11 is 12.3. The van der Waals surface area contributed by atoms with Gasteiger partial charge in [-0.3, -0.25) is 0 Å². The smallest absolute Gasteiger partial charge is 0.154 e. The van der Waals surface area contributed by atoms with Crippen molar-refractivity contribution in [1.29, 1.82) is 0 Å². The first-order valence-corrected chi connectivity index (χ1v) is 9.90. The van der Waals surface area contributed by atoms with E-state index in [0.717, 1.165) is 54.0 Å². The van der Waals surface area contributed by atoms with E-state index in [2.05, 4.69) is 13.0 Å². The summed E-state index contributed by atoms with van der Waals surface area (Å²) in [4.78, 5) is 4.92. The van der Waals surface area contributed by atoms with Crippen LogP contribution in [0.25, 0.3) is 5.69 Å². The van der Waals surface area contributed by atoms with Gasteiger partial charge in [0.25, 0.3) is 0 Å². The molecule has 140 valence electrons. The molecule has 1 aliphatic rings. The first kappa shape index (κ1) is 18.5. The Bertz CT molecular complexity index is 948. The molecule has 0 radical (unpaired) electrons. The quantitative estimate of drug-likeness (QED) is 0.589. The van der Waals surface area contributed by atoms with Crippen LogP contribution in [-0.2, 0) is 11.2 Å². The first-order valence-electron chi connectivity index (χ1n) is 9.15. The summed E-state index contributed by atoms with van der Waals surface area (Å²) < 4.78 is 7.41. The highest BCUT2D eigenvalue weighted by Crippen LogP contribution is 2.27. The minimum Gasteiger partial charge on any atom is -0.381 e.